The van der Waals surface area contributed by atoms with E-state index in [1.807, 2.05) is 18.4 Å². The molecule has 0 saturated carbocycles. The number of hydrogen-bond donors (Lipinski definition) is 1. The van der Waals surface area contributed by atoms with Crippen LogP contribution in [0.4, 0.5) is 0 Å². The molecule has 0 aliphatic heterocycles. The number of nitrogens with one attached hydrogen (secondary N) is 1. The van der Waals surface area contributed by atoms with Gasteiger partial charge in [-0.15, -0.1) is 11.3 Å². The number of aryl methyl sites for hydroxylation is 2. The molecule has 0 saturated heterocycles. The number of nitrogens with zero attached hydrogens (tertiary/aromatic N) is 1. The van der Waals surface area contributed by atoms with E-state index in [1.54, 1.807) is 0 Å². The molecule has 3 heteroatoms. The number of thiazole rings is 1. The highest BCUT2D eigenvalue weighted by atomic mass is 32.1. The van der Waals surface area contributed by atoms with Gasteiger partial charge in [0, 0.05) is 4.88 Å². The van der Waals surface area contributed by atoms with E-state index in [9.17, 15) is 0 Å². The van der Waals surface area contributed by atoms with E-state index in [0.29, 0.717) is 6.04 Å². The van der Waals surface area contributed by atoms with Crippen LogP contribution in [-0.4, -0.2) is 12.0 Å². The molecular weight excluding hydrogens is 168 g/mol. The second kappa shape index (κ2) is 3.15. The highest BCUT2D eigenvalue weighted by Crippen LogP contribution is 2.32. The smallest absolute Gasteiger partial charge is 0.0900 e. The molecule has 1 aliphatic carbocycles. The van der Waals surface area contributed by atoms with Gasteiger partial charge in [0.15, 0.2) is 0 Å². The van der Waals surface area contributed by atoms with Crippen molar-refractivity contribution in [1.29, 1.82) is 0 Å². The lowest BCUT2D eigenvalue weighted by Gasteiger charge is -2.19. The summed E-state index contributed by atoms with van der Waals surface area (Å²) in [4.78, 5) is 6.06. The Bertz CT molecular complexity index is 280. The summed E-state index contributed by atoms with van der Waals surface area (Å²) in [5, 5.41) is 4.53. The molecule has 0 fully saturated rings. The topological polar surface area (TPSA) is 24.9 Å². The van der Waals surface area contributed by atoms with Gasteiger partial charge in [0.2, 0.25) is 0 Å². The van der Waals surface area contributed by atoms with Crippen molar-refractivity contribution in [2.45, 2.75) is 32.2 Å². The quantitative estimate of drug-likeness (QED) is 0.719. The maximum Gasteiger partial charge on any atom is 0.0900 e. The number of rotatable bonds is 1. The van der Waals surface area contributed by atoms with Gasteiger partial charge in [-0.05, 0) is 33.2 Å². The van der Waals surface area contributed by atoms with Crippen molar-refractivity contribution >= 4 is 11.3 Å². The first kappa shape index (κ1) is 8.20. The van der Waals surface area contributed by atoms with Crippen LogP contribution in [0.5, 0.6) is 0 Å². The van der Waals surface area contributed by atoms with Crippen molar-refractivity contribution in [2.24, 2.45) is 0 Å². The fourth-order valence-electron chi connectivity index (χ4n) is 1.82. The average Bonchev–Trinajstić information content (AvgIpc) is 2.44. The third-order valence-electron chi connectivity index (χ3n) is 2.41. The second-order valence-corrected chi connectivity index (χ2v) is 4.56. The normalized spacial score (nSPS) is 22.3. The molecule has 0 spiro atoms. The average molecular weight is 182 g/mol. The molecule has 1 N–H and O–H groups in total. The van der Waals surface area contributed by atoms with Gasteiger partial charge >= 0.3 is 0 Å². The number of hydrogen-bond acceptors (Lipinski definition) is 3. The van der Waals surface area contributed by atoms with Crippen LogP contribution in [0, 0.1) is 6.92 Å². The molecule has 66 valence electrons. The largest absolute Gasteiger partial charge is 0.312 e. The van der Waals surface area contributed by atoms with E-state index >= 15 is 0 Å². The zero-order valence-electron chi connectivity index (χ0n) is 7.55. The molecule has 12 heavy (non-hydrogen) atoms. The third kappa shape index (κ3) is 1.27. The Balaban J connectivity index is 2.36. The van der Waals surface area contributed by atoms with Crippen LogP contribution in [0.3, 0.4) is 0 Å². The summed E-state index contributed by atoms with van der Waals surface area (Å²) in [5.74, 6) is 0. The van der Waals surface area contributed by atoms with Crippen LogP contribution in [0.1, 0.15) is 34.5 Å². The zero-order chi connectivity index (χ0) is 8.55. The maximum absolute atomic E-state index is 4.56. The molecule has 0 bridgehead atoms. The van der Waals surface area contributed by atoms with Crippen LogP contribution in [0.2, 0.25) is 0 Å². The van der Waals surface area contributed by atoms with Gasteiger partial charge < -0.3 is 5.32 Å². The van der Waals surface area contributed by atoms with Crippen LogP contribution < -0.4 is 5.32 Å². The van der Waals surface area contributed by atoms with Gasteiger partial charge in [-0.25, -0.2) is 4.98 Å². The third-order valence-corrected chi connectivity index (χ3v) is 3.46. The van der Waals surface area contributed by atoms with Gasteiger partial charge in [-0.3, -0.25) is 0 Å². The van der Waals surface area contributed by atoms with Crippen LogP contribution >= 0.6 is 11.3 Å². The lowest BCUT2D eigenvalue weighted by molar-refractivity contribution is 0.489. The Morgan fingerprint density at radius 2 is 2.42 bits per heavy atom. The summed E-state index contributed by atoms with van der Waals surface area (Å²) in [6.45, 7) is 2.09. The highest BCUT2D eigenvalue weighted by Gasteiger charge is 2.21. The second-order valence-electron chi connectivity index (χ2n) is 3.27. The van der Waals surface area contributed by atoms with E-state index in [1.165, 1.54) is 34.8 Å². The Kier molecular flexibility index (Phi) is 2.15. The lowest BCUT2D eigenvalue weighted by atomic mass is 9.98. The lowest BCUT2D eigenvalue weighted by Crippen LogP contribution is -2.21. The zero-order valence-corrected chi connectivity index (χ0v) is 8.37. The van der Waals surface area contributed by atoms with Crippen LogP contribution in [0.25, 0.3) is 0 Å². The first-order chi connectivity index (χ1) is 5.81. The fraction of sp³-hybridized carbons (Fsp3) is 0.667. The fourth-order valence-corrected chi connectivity index (χ4v) is 2.86. The molecule has 1 aromatic heterocycles. The minimum atomic E-state index is 0.513. The summed E-state index contributed by atoms with van der Waals surface area (Å²) >= 11 is 1.86. The number of fused-ring (bicyclic) bond motifs is 1. The van der Waals surface area contributed by atoms with E-state index in [4.69, 9.17) is 0 Å². The molecule has 1 aliphatic rings. The standard InChI is InChI=1S/C9H14N2S/c1-6-11-9-7(10-2)4-3-5-8(9)12-6/h7,10H,3-5H2,1-2H3. The highest BCUT2D eigenvalue weighted by molar-refractivity contribution is 7.11. The summed E-state index contributed by atoms with van der Waals surface area (Å²) in [7, 11) is 2.02. The van der Waals surface area contributed by atoms with Crippen molar-refractivity contribution in [3.63, 3.8) is 0 Å². The van der Waals surface area contributed by atoms with Crippen molar-refractivity contribution in [2.75, 3.05) is 7.05 Å². The van der Waals surface area contributed by atoms with Crippen molar-refractivity contribution in [3.8, 4) is 0 Å². The van der Waals surface area contributed by atoms with E-state index < -0.39 is 0 Å². The molecule has 2 rings (SSSR count). The van der Waals surface area contributed by atoms with Crippen LogP contribution in [-0.2, 0) is 6.42 Å². The Morgan fingerprint density at radius 1 is 1.58 bits per heavy atom. The van der Waals surface area contributed by atoms with Crippen LogP contribution in [0.15, 0.2) is 0 Å². The molecule has 0 aromatic carbocycles. The van der Waals surface area contributed by atoms with E-state index in [0.717, 1.165) is 0 Å². The summed E-state index contributed by atoms with van der Waals surface area (Å²) < 4.78 is 0. The van der Waals surface area contributed by atoms with Gasteiger partial charge in [-0.1, -0.05) is 0 Å². The summed E-state index contributed by atoms with van der Waals surface area (Å²) in [6.07, 6.45) is 3.78. The van der Waals surface area contributed by atoms with Gasteiger partial charge in [0.05, 0.1) is 16.7 Å². The molecule has 2 nitrogen and oxygen atoms in total. The van der Waals surface area contributed by atoms with Crippen molar-refractivity contribution < 1.29 is 0 Å². The predicted octanol–water partition coefficient (Wildman–Crippen LogP) is 2.05. The summed E-state index contributed by atoms with van der Waals surface area (Å²) in [6, 6.07) is 0.513. The van der Waals surface area contributed by atoms with E-state index in [2.05, 4.69) is 17.2 Å². The predicted molar refractivity (Wildman–Crippen MR) is 51.6 cm³/mol. The van der Waals surface area contributed by atoms with Gasteiger partial charge in [0.1, 0.15) is 0 Å². The molecule has 0 radical (unpaired) electrons. The Labute approximate surface area is 77.0 Å². The molecule has 1 heterocycles. The molecule has 1 aromatic rings. The minimum Gasteiger partial charge on any atom is -0.312 e. The molecular formula is C9H14N2S. The molecule has 0 amide bonds. The minimum absolute atomic E-state index is 0.513. The monoisotopic (exact) mass is 182 g/mol. The van der Waals surface area contributed by atoms with Crippen molar-refractivity contribution in [1.82, 2.24) is 10.3 Å². The first-order valence-electron chi connectivity index (χ1n) is 4.44. The Hall–Kier alpha value is -0.410. The van der Waals surface area contributed by atoms with Crippen molar-refractivity contribution in [3.05, 3.63) is 15.6 Å². The van der Waals surface area contributed by atoms with E-state index in [-0.39, 0.29) is 0 Å². The van der Waals surface area contributed by atoms with Gasteiger partial charge in [0.25, 0.3) is 0 Å². The molecule has 1 atom stereocenters. The maximum atomic E-state index is 4.56. The Morgan fingerprint density at radius 3 is 3.17 bits per heavy atom. The van der Waals surface area contributed by atoms with Gasteiger partial charge in [-0.2, -0.15) is 0 Å². The molecule has 1 unspecified atom stereocenters. The number of aromatic nitrogens is 1. The first-order valence-corrected chi connectivity index (χ1v) is 5.26. The SMILES string of the molecule is CNC1CCCc2sc(C)nc21. The summed E-state index contributed by atoms with van der Waals surface area (Å²) in [5.41, 5.74) is 1.31.